The minimum Gasteiger partial charge on any atom is -0.495 e. The summed E-state index contributed by atoms with van der Waals surface area (Å²) in [6.07, 6.45) is 0. The highest BCUT2D eigenvalue weighted by molar-refractivity contribution is 6.32. The summed E-state index contributed by atoms with van der Waals surface area (Å²) >= 11 is 12.0. The summed E-state index contributed by atoms with van der Waals surface area (Å²) in [4.78, 5) is 38.8. The molecule has 8 nitrogen and oxygen atoms in total. The predicted octanol–water partition coefficient (Wildman–Crippen LogP) is 3.42. The van der Waals surface area contributed by atoms with E-state index >= 15 is 0 Å². The number of carbonyl (C=O) groups is 3. The lowest BCUT2D eigenvalue weighted by Crippen LogP contribution is -2.42. The molecule has 1 atom stereocenters. The first kappa shape index (κ1) is 21.7. The summed E-state index contributed by atoms with van der Waals surface area (Å²) in [6, 6.07) is 8.84. The number of halogens is 2. The Labute approximate surface area is 183 Å². The average Bonchev–Trinajstić information content (AvgIpc) is 2.93. The highest BCUT2D eigenvalue weighted by Crippen LogP contribution is 2.36. The van der Waals surface area contributed by atoms with Crippen molar-refractivity contribution in [1.82, 2.24) is 10.2 Å². The van der Waals surface area contributed by atoms with E-state index in [2.05, 4.69) is 10.6 Å². The highest BCUT2D eigenvalue weighted by atomic mass is 35.5. The van der Waals surface area contributed by atoms with Crippen molar-refractivity contribution in [2.24, 2.45) is 0 Å². The van der Waals surface area contributed by atoms with Crippen LogP contribution in [0.5, 0.6) is 11.5 Å². The fourth-order valence-electron chi connectivity index (χ4n) is 3.11. The number of amides is 4. The van der Waals surface area contributed by atoms with Crippen LogP contribution in [0.15, 0.2) is 36.4 Å². The largest absolute Gasteiger partial charge is 0.495 e. The number of hydrogen-bond acceptors (Lipinski definition) is 5. The number of anilines is 1. The minimum atomic E-state index is -1.30. The van der Waals surface area contributed by atoms with Gasteiger partial charge in [0.15, 0.2) is 0 Å². The molecule has 158 valence electrons. The Bertz CT molecular complexity index is 1010. The lowest BCUT2D eigenvalue weighted by molar-refractivity contribution is -0.133. The van der Waals surface area contributed by atoms with Crippen LogP contribution >= 0.6 is 23.2 Å². The molecule has 1 saturated heterocycles. The van der Waals surface area contributed by atoms with Crippen molar-refractivity contribution in [2.45, 2.75) is 12.5 Å². The molecule has 4 amide bonds. The van der Waals surface area contributed by atoms with Crippen LogP contribution in [-0.4, -0.2) is 43.5 Å². The van der Waals surface area contributed by atoms with Gasteiger partial charge < -0.3 is 20.1 Å². The number of carbonyl (C=O) groups excluding carboxylic acids is 3. The number of benzene rings is 2. The maximum atomic E-state index is 12.9. The molecular weight excluding hydrogens is 433 g/mol. The normalized spacial score (nSPS) is 18.2. The van der Waals surface area contributed by atoms with Gasteiger partial charge in [-0.2, -0.15) is 0 Å². The molecule has 1 aliphatic heterocycles. The molecule has 0 radical (unpaired) electrons. The van der Waals surface area contributed by atoms with Crippen molar-refractivity contribution in [3.05, 3.63) is 52.0 Å². The second kappa shape index (κ2) is 8.41. The van der Waals surface area contributed by atoms with Crippen molar-refractivity contribution >= 4 is 46.7 Å². The standard InChI is InChI=1S/C20H19Cl2N3O5/c1-20(11-4-6-12(21)7-5-11)18(27)25(19(28)24-20)10-17(26)23-14-9-15(29-2)13(22)8-16(14)30-3/h4-9H,10H2,1-3H3,(H,23,26)(H,24,28). The maximum absolute atomic E-state index is 12.9. The number of ether oxygens (including phenoxy) is 2. The molecule has 1 unspecified atom stereocenters. The van der Waals surface area contributed by atoms with Gasteiger partial charge in [-0.05, 0) is 24.6 Å². The minimum absolute atomic E-state index is 0.288. The highest BCUT2D eigenvalue weighted by Gasteiger charge is 2.49. The fraction of sp³-hybridized carbons (Fsp3) is 0.250. The van der Waals surface area contributed by atoms with Crippen molar-refractivity contribution in [1.29, 1.82) is 0 Å². The zero-order chi connectivity index (χ0) is 22.1. The Morgan fingerprint density at radius 3 is 2.33 bits per heavy atom. The first-order chi connectivity index (χ1) is 14.2. The molecule has 2 aromatic rings. The van der Waals surface area contributed by atoms with Gasteiger partial charge in [-0.3, -0.25) is 14.5 Å². The first-order valence-electron chi connectivity index (χ1n) is 8.81. The van der Waals surface area contributed by atoms with Gasteiger partial charge in [0.2, 0.25) is 5.91 Å². The van der Waals surface area contributed by atoms with E-state index in [0.717, 1.165) is 4.90 Å². The Kier molecular flexibility index (Phi) is 6.09. The van der Waals surface area contributed by atoms with E-state index in [9.17, 15) is 14.4 Å². The van der Waals surface area contributed by atoms with Gasteiger partial charge in [0.25, 0.3) is 5.91 Å². The van der Waals surface area contributed by atoms with E-state index in [4.69, 9.17) is 32.7 Å². The number of imide groups is 1. The summed E-state index contributed by atoms with van der Waals surface area (Å²) in [5.41, 5.74) is -0.461. The Balaban J connectivity index is 1.78. The second-order valence-electron chi connectivity index (χ2n) is 6.69. The van der Waals surface area contributed by atoms with Gasteiger partial charge in [0.1, 0.15) is 23.6 Å². The third-order valence-electron chi connectivity index (χ3n) is 4.75. The van der Waals surface area contributed by atoms with E-state index in [0.29, 0.717) is 27.1 Å². The number of hydrogen-bond donors (Lipinski definition) is 2. The van der Waals surface area contributed by atoms with Gasteiger partial charge in [-0.25, -0.2) is 4.79 Å². The molecule has 2 N–H and O–H groups in total. The summed E-state index contributed by atoms with van der Waals surface area (Å²) in [5.74, 6) is -0.511. The topological polar surface area (TPSA) is 97.0 Å². The fourth-order valence-corrected chi connectivity index (χ4v) is 3.47. The average molecular weight is 452 g/mol. The smallest absolute Gasteiger partial charge is 0.325 e. The lowest BCUT2D eigenvalue weighted by Gasteiger charge is -2.22. The molecule has 0 spiro atoms. The van der Waals surface area contributed by atoms with Crippen LogP contribution in [0.3, 0.4) is 0 Å². The molecule has 0 saturated carbocycles. The first-order valence-corrected chi connectivity index (χ1v) is 9.56. The monoisotopic (exact) mass is 451 g/mol. The summed E-state index contributed by atoms with van der Waals surface area (Å²) in [5, 5.41) is 6.06. The zero-order valence-electron chi connectivity index (χ0n) is 16.4. The van der Waals surface area contributed by atoms with Crippen molar-refractivity contribution < 1.29 is 23.9 Å². The van der Waals surface area contributed by atoms with Crippen molar-refractivity contribution in [2.75, 3.05) is 26.1 Å². The van der Waals surface area contributed by atoms with Gasteiger partial charge in [-0.1, -0.05) is 35.3 Å². The molecule has 3 rings (SSSR count). The second-order valence-corrected chi connectivity index (χ2v) is 7.53. The van der Waals surface area contributed by atoms with Gasteiger partial charge in [0.05, 0.1) is 24.9 Å². The van der Waals surface area contributed by atoms with Crippen LogP contribution < -0.4 is 20.1 Å². The zero-order valence-corrected chi connectivity index (χ0v) is 17.9. The van der Waals surface area contributed by atoms with Crippen molar-refractivity contribution in [3.8, 4) is 11.5 Å². The molecule has 0 aromatic heterocycles. The van der Waals surface area contributed by atoms with E-state index < -0.39 is 29.9 Å². The van der Waals surface area contributed by atoms with Gasteiger partial charge >= 0.3 is 6.03 Å². The molecule has 30 heavy (non-hydrogen) atoms. The number of nitrogens with zero attached hydrogens (tertiary/aromatic N) is 1. The van der Waals surface area contributed by atoms with Gasteiger partial charge in [-0.15, -0.1) is 0 Å². The predicted molar refractivity (Wildman–Crippen MR) is 112 cm³/mol. The van der Waals surface area contributed by atoms with Crippen LogP contribution in [0.1, 0.15) is 12.5 Å². The molecule has 1 heterocycles. The van der Waals surface area contributed by atoms with E-state index in [-0.39, 0.29) is 5.69 Å². The lowest BCUT2D eigenvalue weighted by atomic mass is 9.92. The third-order valence-corrected chi connectivity index (χ3v) is 5.29. The Morgan fingerprint density at radius 2 is 1.73 bits per heavy atom. The Morgan fingerprint density at radius 1 is 1.10 bits per heavy atom. The molecule has 1 aliphatic rings. The molecule has 10 heteroatoms. The number of nitrogens with one attached hydrogen (secondary N) is 2. The number of rotatable bonds is 6. The summed E-state index contributed by atoms with van der Waals surface area (Å²) < 4.78 is 10.4. The number of methoxy groups -OCH3 is 2. The molecular formula is C20H19Cl2N3O5. The van der Waals surface area contributed by atoms with Crippen LogP contribution in [0.4, 0.5) is 10.5 Å². The van der Waals surface area contributed by atoms with E-state index in [1.54, 1.807) is 31.2 Å². The summed E-state index contributed by atoms with van der Waals surface area (Å²) in [6.45, 7) is 1.09. The van der Waals surface area contributed by atoms with Crippen LogP contribution in [-0.2, 0) is 15.1 Å². The molecule has 0 bridgehead atoms. The van der Waals surface area contributed by atoms with Crippen LogP contribution in [0, 0.1) is 0 Å². The molecule has 2 aromatic carbocycles. The molecule has 0 aliphatic carbocycles. The quantitative estimate of drug-likeness (QED) is 0.655. The van der Waals surface area contributed by atoms with E-state index in [1.165, 1.54) is 26.4 Å². The van der Waals surface area contributed by atoms with E-state index in [1.807, 2.05) is 0 Å². The maximum Gasteiger partial charge on any atom is 0.325 e. The van der Waals surface area contributed by atoms with Crippen molar-refractivity contribution in [3.63, 3.8) is 0 Å². The third kappa shape index (κ3) is 4.01. The molecule has 1 fully saturated rings. The Hall–Kier alpha value is -2.97. The van der Waals surface area contributed by atoms with Crippen LogP contribution in [0.25, 0.3) is 0 Å². The van der Waals surface area contributed by atoms with Gasteiger partial charge in [0, 0.05) is 17.2 Å². The number of urea groups is 1. The SMILES string of the molecule is COc1cc(NC(=O)CN2C(=O)NC(C)(c3ccc(Cl)cc3)C2=O)c(OC)cc1Cl. The summed E-state index contributed by atoms with van der Waals surface area (Å²) in [7, 11) is 2.85. The van der Waals surface area contributed by atoms with Crippen LogP contribution in [0.2, 0.25) is 10.0 Å².